The van der Waals surface area contributed by atoms with Crippen LogP contribution in [-0.2, 0) is 0 Å². The first-order valence-corrected chi connectivity index (χ1v) is 5.39. The van der Waals surface area contributed by atoms with E-state index in [1.807, 2.05) is 24.3 Å². The first-order chi connectivity index (χ1) is 8.69. The quantitative estimate of drug-likeness (QED) is 0.815. The number of hydrogen-bond donors (Lipinski definition) is 2. The van der Waals surface area contributed by atoms with E-state index in [1.54, 1.807) is 13.2 Å². The summed E-state index contributed by atoms with van der Waals surface area (Å²) in [5.41, 5.74) is 1.30. The second-order valence-corrected chi connectivity index (χ2v) is 3.70. The fourth-order valence-electron chi connectivity index (χ4n) is 1.45. The molecule has 0 saturated carbocycles. The molecule has 4 nitrogen and oxygen atoms in total. The number of ether oxygens (including phenoxy) is 1. The van der Waals surface area contributed by atoms with Crippen molar-refractivity contribution in [2.24, 2.45) is 4.99 Å². The molecule has 0 heterocycles. The van der Waals surface area contributed by atoms with Gasteiger partial charge in [-0.2, -0.15) is 0 Å². The average Bonchev–Trinajstić information content (AvgIpc) is 2.38. The number of hydrogen-bond acceptors (Lipinski definition) is 4. The van der Waals surface area contributed by atoms with Gasteiger partial charge in [0.2, 0.25) is 0 Å². The highest BCUT2D eigenvalue weighted by Gasteiger charge is 1.99. The number of rotatable bonds is 3. The van der Waals surface area contributed by atoms with E-state index in [0.29, 0.717) is 5.56 Å². The molecule has 0 aliphatic carbocycles. The molecular weight excluding hydrogens is 230 g/mol. The van der Waals surface area contributed by atoms with Gasteiger partial charge in [-0.15, -0.1) is 0 Å². The first kappa shape index (κ1) is 12.0. The number of aliphatic imine (C=N–C) groups is 1. The Morgan fingerprint density at radius 1 is 1.06 bits per heavy atom. The smallest absolute Gasteiger partial charge is 0.128 e. The van der Waals surface area contributed by atoms with Crippen LogP contribution in [0.1, 0.15) is 5.56 Å². The number of phenolic OH excluding ortho intramolecular Hbond substituents is 2. The molecule has 0 fully saturated rings. The molecule has 0 amide bonds. The highest BCUT2D eigenvalue weighted by Crippen LogP contribution is 2.22. The van der Waals surface area contributed by atoms with Crippen molar-refractivity contribution in [3.63, 3.8) is 0 Å². The number of phenols is 2. The average molecular weight is 243 g/mol. The van der Waals surface area contributed by atoms with E-state index in [2.05, 4.69) is 4.99 Å². The van der Waals surface area contributed by atoms with Gasteiger partial charge in [0, 0.05) is 17.8 Å². The Kier molecular flexibility index (Phi) is 3.48. The van der Waals surface area contributed by atoms with Gasteiger partial charge in [0.15, 0.2) is 0 Å². The van der Waals surface area contributed by atoms with E-state index in [4.69, 9.17) is 9.84 Å². The molecule has 2 aromatic rings. The second-order valence-electron chi connectivity index (χ2n) is 3.70. The maximum atomic E-state index is 9.58. The summed E-state index contributed by atoms with van der Waals surface area (Å²) in [7, 11) is 1.60. The van der Waals surface area contributed by atoms with E-state index in [-0.39, 0.29) is 11.5 Å². The molecule has 92 valence electrons. The van der Waals surface area contributed by atoms with Gasteiger partial charge < -0.3 is 14.9 Å². The van der Waals surface area contributed by atoms with Gasteiger partial charge >= 0.3 is 0 Å². The third-order valence-electron chi connectivity index (χ3n) is 2.44. The topological polar surface area (TPSA) is 62.0 Å². The van der Waals surface area contributed by atoms with E-state index >= 15 is 0 Å². The minimum absolute atomic E-state index is 0.00717. The van der Waals surface area contributed by atoms with Crippen molar-refractivity contribution < 1.29 is 14.9 Å². The molecule has 2 rings (SSSR count). The van der Waals surface area contributed by atoms with E-state index in [1.165, 1.54) is 18.3 Å². The van der Waals surface area contributed by atoms with Crippen LogP contribution >= 0.6 is 0 Å². The Morgan fingerprint density at radius 3 is 2.39 bits per heavy atom. The largest absolute Gasteiger partial charge is 0.508 e. The van der Waals surface area contributed by atoms with Gasteiger partial charge in [0.25, 0.3) is 0 Å². The molecule has 0 aliphatic rings. The van der Waals surface area contributed by atoms with Gasteiger partial charge in [-0.1, -0.05) is 0 Å². The lowest BCUT2D eigenvalue weighted by molar-refractivity contribution is 0.415. The summed E-state index contributed by atoms with van der Waals surface area (Å²) < 4.78 is 5.04. The van der Waals surface area contributed by atoms with Crippen LogP contribution in [0.25, 0.3) is 0 Å². The van der Waals surface area contributed by atoms with Crippen LogP contribution < -0.4 is 4.74 Å². The molecule has 2 aromatic carbocycles. The van der Waals surface area contributed by atoms with Gasteiger partial charge in [0.1, 0.15) is 17.2 Å². The van der Waals surface area contributed by atoms with Crippen LogP contribution in [-0.4, -0.2) is 23.5 Å². The summed E-state index contributed by atoms with van der Waals surface area (Å²) in [6, 6.07) is 11.6. The van der Waals surface area contributed by atoms with Crippen molar-refractivity contribution in [2.75, 3.05) is 7.11 Å². The Hall–Kier alpha value is -2.49. The standard InChI is InChI=1S/C14H13NO3/c1-18-13-6-3-11(4-7-13)15-9-10-2-5-12(16)8-14(10)17/h2-9,16-17H,1H3/b15-9+. The minimum Gasteiger partial charge on any atom is -0.508 e. The third kappa shape index (κ3) is 2.79. The summed E-state index contributed by atoms with van der Waals surface area (Å²) in [4.78, 5) is 4.22. The highest BCUT2D eigenvalue weighted by atomic mass is 16.5. The zero-order chi connectivity index (χ0) is 13.0. The van der Waals surface area contributed by atoms with Gasteiger partial charge in [-0.25, -0.2) is 0 Å². The lowest BCUT2D eigenvalue weighted by Gasteiger charge is -2.00. The second kappa shape index (κ2) is 5.23. The van der Waals surface area contributed by atoms with Gasteiger partial charge in [0.05, 0.1) is 12.8 Å². The number of nitrogens with zero attached hydrogens (tertiary/aromatic N) is 1. The highest BCUT2D eigenvalue weighted by molar-refractivity contribution is 5.85. The van der Waals surface area contributed by atoms with Gasteiger partial charge in [-0.05, 0) is 36.4 Å². The summed E-state index contributed by atoms with van der Waals surface area (Å²) in [5.74, 6) is 0.780. The lowest BCUT2D eigenvalue weighted by Crippen LogP contribution is -1.82. The lowest BCUT2D eigenvalue weighted by atomic mass is 10.2. The molecule has 0 bridgehead atoms. The van der Waals surface area contributed by atoms with Crippen molar-refractivity contribution in [1.29, 1.82) is 0 Å². The van der Waals surface area contributed by atoms with E-state index < -0.39 is 0 Å². The molecule has 4 heteroatoms. The van der Waals surface area contributed by atoms with Crippen LogP contribution in [0.3, 0.4) is 0 Å². The van der Waals surface area contributed by atoms with Crippen LogP contribution in [0.2, 0.25) is 0 Å². The van der Waals surface area contributed by atoms with Crippen LogP contribution in [0.15, 0.2) is 47.5 Å². The summed E-state index contributed by atoms with van der Waals surface area (Å²) in [6.45, 7) is 0. The Labute approximate surface area is 105 Å². The predicted molar refractivity (Wildman–Crippen MR) is 70.0 cm³/mol. The Bertz CT molecular complexity index is 562. The fourth-order valence-corrected chi connectivity index (χ4v) is 1.45. The number of benzene rings is 2. The van der Waals surface area contributed by atoms with Crippen molar-refractivity contribution in [3.05, 3.63) is 48.0 Å². The zero-order valence-corrected chi connectivity index (χ0v) is 9.87. The Morgan fingerprint density at radius 2 is 1.78 bits per heavy atom. The van der Waals surface area contributed by atoms with Gasteiger partial charge in [-0.3, -0.25) is 4.99 Å². The maximum absolute atomic E-state index is 9.58. The van der Waals surface area contributed by atoms with Crippen LogP contribution in [0, 0.1) is 0 Å². The molecule has 0 atom stereocenters. The first-order valence-electron chi connectivity index (χ1n) is 5.39. The normalized spacial score (nSPS) is 10.7. The van der Waals surface area contributed by atoms with Crippen LogP contribution in [0.4, 0.5) is 5.69 Å². The molecule has 0 aromatic heterocycles. The molecule has 0 aliphatic heterocycles. The fraction of sp³-hybridized carbons (Fsp3) is 0.0714. The van der Waals surface area contributed by atoms with E-state index in [9.17, 15) is 5.11 Å². The zero-order valence-electron chi connectivity index (χ0n) is 9.87. The molecule has 0 unspecified atom stereocenters. The summed E-state index contributed by atoms with van der Waals surface area (Å²) in [5, 5.41) is 18.7. The van der Waals surface area contributed by atoms with Crippen LogP contribution in [0.5, 0.6) is 17.2 Å². The monoisotopic (exact) mass is 243 g/mol. The van der Waals surface area contributed by atoms with Crippen molar-refractivity contribution >= 4 is 11.9 Å². The molecule has 2 N–H and O–H groups in total. The van der Waals surface area contributed by atoms with Crippen molar-refractivity contribution in [3.8, 4) is 17.2 Å². The van der Waals surface area contributed by atoms with Crippen molar-refractivity contribution in [1.82, 2.24) is 0 Å². The number of methoxy groups -OCH3 is 1. The molecule has 0 saturated heterocycles. The maximum Gasteiger partial charge on any atom is 0.128 e. The third-order valence-corrected chi connectivity index (χ3v) is 2.44. The SMILES string of the molecule is COc1ccc(/N=C/c2ccc(O)cc2O)cc1. The molecular formula is C14H13NO3. The summed E-state index contributed by atoms with van der Waals surface area (Å²) in [6.07, 6.45) is 1.54. The van der Waals surface area contributed by atoms with Crippen molar-refractivity contribution in [2.45, 2.75) is 0 Å². The Balaban J connectivity index is 2.19. The summed E-state index contributed by atoms with van der Waals surface area (Å²) >= 11 is 0. The minimum atomic E-state index is -0.00717. The number of aromatic hydroxyl groups is 2. The predicted octanol–water partition coefficient (Wildman–Crippen LogP) is 2.86. The van der Waals surface area contributed by atoms with E-state index in [0.717, 1.165) is 11.4 Å². The molecule has 0 spiro atoms. The molecule has 18 heavy (non-hydrogen) atoms. The molecule has 0 radical (unpaired) electrons.